The van der Waals surface area contributed by atoms with Crippen LogP contribution in [0.1, 0.15) is 34.7 Å². The van der Waals surface area contributed by atoms with Crippen LogP contribution in [0.3, 0.4) is 0 Å². The lowest BCUT2D eigenvalue weighted by Crippen LogP contribution is -2.24. The summed E-state index contributed by atoms with van der Waals surface area (Å²) in [5.41, 5.74) is 0.996. The van der Waals surface area contributed by atoms with Gasteiger partial charge in [-0.05, 0) is 38.5 Å². The smallest absolute Gasteiger partial charge is 0.260 e. The highest BCUT2D eigenvalue weighted by molar-refractivity contribution is 7.89. The molecule has 0 radical (unpaired) electrons. The van der Waals surface area contributed by atoms with Crippen molar-refractivity contribution in [1.82, 2.24) is 0 Å². The fourth-order valence-electron chi connectivity index (χ4n) is 3.13. The molecule has 8 nitrogen and oxygen atoms in total. The van der Waals surface area contributed by atoms with Gasteiger partial charge in [0.05, 0.1) is 0 Å². The summed E-state index contributed by atoms with van der Waals surface area (Å²) in [7, 11) is -4.12. The van der Waals surface area contributed by atoms with Crippen LogP contribution >= 0.6 is 0 Å². The number of aryl methyl sites for hydroxylation is 2. The largest absolute Gasteiger partial charge is 0.464 e. The van der Waals surface area contributed by atoms with E-state index in [1.54, 1.807) is 29.2 Å². The van der Waals surface area contributed by atoms with Gasteiger partial charge < -0.3 is 14.6 Å². The second-order valence-electron chi connectivity index (χ2n) is 6.12. The summed E-state index contributed by atoms with van der Waals surface area (Å²) < 4.78 is 28.9. The number of carbonyl (C=O) groups excluding carboxylic acids is 2. The van der Waals surface area contributed by atoms with Crippen LogP contribution in [0.4, 0.5) is 11.4 Å². The average Bonchev–Trinajstić information content (AvgIpc) is 3.09. The lowest BCUT2D eigenvalue weighted by atomic mass is 10.2. The summed E-state index contributed by atoms with van der Waals surface area (Å²) in [5.74, 6) is -0.388. The van der Waals surface area contributed by atoms with Crippen molar-refractivity contribution in [2.45, 2.75) is 31.6 Å². The molecule has 138 valence electrons. The third-order valence-corrected chi connectivity index (χ3v) is 5.27. The molecule has 1 saturated heterocycles. The monoisotopic (exact) mass is 377 g/mol. The van der Waals surface area contributed by atoms with Crippen LogP contribution in [0, 0.1) is 13.8 Å². The summed E-state index contributed by atoms with van der Waals surface area (Å²) in [5, 5.41) is 7.86. The van der Waals surface area contributed by atoms with Gasteiger partial charge >= 0.3 is 0 Å². The van der Waals surface area contributed by atoms with Crippen molar-refractivity contribution in [2.75, 3.05) is 16.8 Å². The molecule has 1 fully saturated rings. The number of hydrogen-bond donors (Lipinski definition) is 2. The molecule has 1 aromatic carbocycles. The van der Waals surface area contributed by atoms with Crippen molar-refractivity contribution in [3.8, 4) is 0 Å². The van der Waals surface area contributed by atoms with Crippen LogP contribution in [-0.4, -0.2) is 26.8 Å². The van der Waals surface area contributed by atoms with Crippen molar-refractivity contribution < 1.29 is 22.4 Å². The first-order valence-electron chi connectivity index (χ1n) is 8.03. The number of nitrogens with one attached hydrogen (secondary N) is 1. The van der Waals surface area contributed by atoms with Gasteiger partial charge in [-0.25, -0.2) is 13.6 Å². The van der Waals surface area contributed by atoms with Gasteiger partial charge in [-0.2, -0.15) is 0 Å². The van der Waals surface area contributed by atoms with Gasteiger partial charge in [-0.3, -0.25) is 9.59 Å². The van der Waals surface area contributed by atoms with E-state index < -0.39 is 15.9 Å². The maximum atomic E-state index is 12.6. The van der Waals surface area contributed by atoms with Crippen molar-refractivity contribution in [3.05, 3.63) is 41.3 Å². The lowest BCUT2D eigenvalue weighted by molar-refractivity contribution is -0.117. The third-order valence-electron chi connectivity index (χ3n) is 4.21. The van der Waals surface area contributed by atoms with Gasteiger partial charge in [0.2, 0.25) is 15.9 Å². The molecular weight excluding hydrogens is 358 g/mol. The van der Waals surface area contributed by atoms with E-state index in [9.17, 15) is 18.0 Å². The second kappa shape index (κ2) is 6.58. The standard InChI is InChI=1S/C17H19N3O5S/c1-10-15(16(11(2)25-10)26(18,23)24)17(22)19-12-5-3-6-13(9-12)20-8-4-7-14(20)21/h3,5-6,9H,4,7-8H2,1-2H3,(H,19,22)(H2,18,23,24). The SMILES string of the molecule is Cc1oc(C)c(S(N)(=O)=O)c1C(=O)Nc1cccc(N2CCCC2=O)c1. The highest BCUT2D eigenvalue weighted by Gasteiger charge is 2.29. The second-order valence-corrected chi connectivity index (χ2v) is 7.62. The Hall–Kier alpha value is -2.65. The topological polar surface area (TPSA) is 123 Å². The minimum Gasteiger partial charge on any atom is -0.464 e. The zero-order valence-corrected chi connectivity index (χ0v) is 15.2. The van der Waals surface area contributed by atoms with Crippen LogP contribution in [0.5, 0.6) is 0 Å². The minimum absolute atomic E-state index is 0.0336. The Bertz CT molecular complexity index is 994. The molecule has 26 heavy (non-hydrogen) atoms. The number of carbonyl (C=O) groups is 2. The van der Waals surface area contributed by atoms with Crippen LogP contribution in [-0.2, 0) is 14.8 Å². The van der Waals surface area contributed by atoms with Gasteiger partial charge in [-0.1, -0.05) is 6.07 Å². The first kappa shape index (κ1) is 18.2. The van der Waals surface area contributed by atoms with Gasteiger partial charge in [0, 0.05) is 24.3 Å². The van der Waals surface area contributed by atoms with Crippen molar-refractivity contribution in [1.29, 1.82) is 0 Å². The number of nitrogens with two attached hydrogens (primary N) is 1. The zero-order chi connectivity index (χ0) is 19.1. The Morgan fingerprint density at radius 3 is 2.62 bits per heavy atom. The molecule has 1 aliphatic rings. The summed E-state index contributed by atoms with van der Waals surface area (Å²) in [6.45, 7) is 3.56. The molecule has 3 rings (SSSR count). The minimum atomic E-state index is -4.12. The van der Waals surface area contributed by atoms with Gasteiger partial charge in [0.1, 0.15) is 22.0 Å². The number of nitrogens with zero attached hydrogens (tertiary/aromatic N) is 1. The third kappa shape index (κ3) is 3.35. The summed E-state index contributed by atoms with van der Waals surface area (Å²) >= 11 is 0. The first-order chi connectivity index (χ1) is 12.2. The molecule has 2 aromatic rings. The Morgan fingerprint density at radius 1 is 1.27 bits per heavy atom. The van der Waals surface area contributed by atoms with E-state index in [-0.39, 0.29) is 27.9 Å². The normalized spacial score (nSPS) is 14.7. The highest BCUT2D eigenvalue weighted by atomic mass is 32.2. The number of rotatable bonds is 4. The van der Waals surface area contributed by atoms with Crippen molar-refractivity contribution >= 4 is 33.2 Å². The Labute approximate surface area is 151 Å². The number of amides is 2. The van der Waals surface area contributed by atoms with E-state index in [4.69, 9.17) is 9.56 Å². The molecule has 2 heterocycles. The molecule has 0 bridgehead atoms. The Kier molecular flexibility index (Phi) is 4.59. The highest BCUT2D eigenvalue weighted by Crippen LogP contribution is 2.28. The predicted octanol–water partition coefficient (Wildman–Crippen LogP) is 1.92. The van der Waals surface area contributed by atoms with E-state index >= 15 is 0 Å². The molecule has 0 unspecified atom stereocenters. The van der Waals surface area contributed by atoms with Gasteiger partial charge in [0.25, 0.3) is 5.91 Å². The van der Waals surface area contributed by atoms with E-state index in [1.165, 1.54) is 13.8 Å². The fraction of sp³-hybridized carbons (Fsp3) is 0.294. The number of benzene rings is 1. The predicted molar refractivity (Wildman–Crippen MR) is 95.5 cm³/mol. The maximum absolute atomic E-state index is 12.6. The first-order valence-corrected chi connectivity index (χ1v) is 9.57. The van der Waals surface area contributed by atoms with Gasteiger partial charge in [0.15, 0.2) is 0 Å². The number of furan rings is 1. The van der Waals surface area contributed by atoms with Crippen LogP contribution in [0.25, 0.3) is 0 Å². The maximum Gasteiger partial charge on any atom is 0.260 e. The fourth-order valence-corrected chi connectivity index (χ4v) is 4.10. The molecule has 1 aromatic heterocycles. The van der Waals surface area contributed by atoms with E-state index in [0.29, 0.717) is 24.3 Å². The van der Waals surface area contributed by atoms with Crippen LogP contribution < -0.4 is 15.4 Å². The average molecular weight is 377 g/mol. The molecular formula is C17H19N3O5S. The Morgan fingerprint density at radius 2 is 2.00 bits per heavy atom. The summed E-state index contributed by atoms with van der Waals surface area (Å²) in [6.07, 6.45) is 1.29. The number of anilines is 2. The Balaban J connectivity index is 1.91. The molecule has 0 saturated carbocycles. The van der Waals surface area contributed by atoms with E-state index in [2.05, 4.69) is 5.32 Å². The van der Waals surface area contributed by atoms with E-state index in [1.807, 2.05) is 0 Å². The summed E-state index contributed by atoms with van der Waals surface area (Å²) in [4.78, 5) is 25.8. The van der Waals surface area contributed by atoms with Gasteiger partial charge in [-0.15, -0.1) is 0 Å². The van der Waals surface area contributed by atoms with Crippen molar-refractivity contribution in [3.63, 3.8) is 0 Å². The quantitative estimate of drug-likeness (QED) is 0.843. The summed E-state index contributed by atoms with van der Waals surface area (Å²) in [6, 6.07) is 6.81. The lowest BCUT2D eigenvalue weighted by Gasteiger charge is -2.16. The number of primary sulfonamides is 1. The van der Waals surface area contributed by atoms with Crippen LogP contribution in [0.15, 0.2) is 33.6 Å². The molecule has 2 amide bonds. The molecule has 9 heteroatoms. The molecule has 0 spiro atoms. The molecule has 1 aliphatic heterocycles. The molecule has 3 N–H and O–H groups in total. The van der Waals surface area contributed by atoms with Crippen molar-refractivity contribution in [2.24, 2.45) is 5.14 Å². The molecule has 0 atom stereocenters. The van der Waals surface area contributed by atoms with E-state index in [0.717, 1.165) is 6.42 Å². The van der Waals surface area contributed by atoms with Crippen LogP contribution in [0.2, 0.25) is 0 Å². The zero-order valence-electron chi connectivity index (χ0n) is 14.4. The number of sulfonamides is 1. The number of hydrogen-bond acceptors (Lipinski definition) is 5. The molecule has 0 aliphatic carbocycles.